The van der Waals surface area contributed by atoms with Crippen molar-refractivity contribution in [2.75, 3.05) is 5.73 Å². The lowest BCUT2D eigenvalue weighted by Crippen LogP contribution is -2.33. The lowest BCUT2D eigenvalue weighted by molar-refractivity contribution is -0.137. The number of Topliss-reactive ketones (excluding diaryl/α,β-unsaturated/α-hetero) is 1. The Labute approximate surface area is 174 Å². The highest BCUT2D eigenvalue weighted by Gasteiger charge is 2.20. The molecule has 0 radical (unpaired) electrons. The topological polar surface area (TPSA) is 102 Å². The van der Waals surface area contributed by atoms with E-state index in [1.807, 2.05) is 60.7 Å². The molecule has 0 aliphatic rings. The number of nitrogen functional groups attached to an aromatic ring is 1. The number of carboxylic acids is 1. The van der Waals surface area contributed by atoms with E-state index in [0.717, 1.165) is 15.7 Å². The minimum absolute atomic E-state index is 0.0998. The number of aliphatic carboxylic acids is 1. The molecule has 6 nitrogen and oxygen atoms in total. The first-order valence-electron chi connectivity index (χ1n) is 9.80. The Morgan fingerprint density at radius 2 is 1.43 bits per heavy atom. The van der Waals surface area contributed by atoms with Gasteiger partial charge >= 0.3 is 5.97 Å². The number of carbonyl (C=O) groups is 2. The van der Waals surface area contributed by atoms with Crippen molar-refractivity contribution in [1.29, 1.82) is 0 Å². The number of aryl methyl sites for hydroxylation is 3. The predicted octanol–water partition coefficient (Wildman–Crippen LogP) is 3.12. The van der Waals surface area contributed by atoms with Crippen molar-refractivity contribution in [3.05, 3.63) is 99.5 Å². The number of aromatic nitrogens is 1. The molecule has 2 aromatic carbocycles. The fourth-order valence-corrected chi connectivity index (χ4v) is 3.46. The second-order valence-electron chi connectivity index (χ2n) is 7.15. The van der Waals surface area contributed by atoms with Crippen molar-refractivity contribution >= 4 is 17.4 Å². The molecule has 1 aromatic heterocycles. The molecule has 0 fully saturated rings. The lowest BCUT2D eigenvalue weighted by atomic mass is 10.0. The maximum Gasteiger partial charge on any atom is 0.323 e. The van der Waals surface area contributed by atoms with Gasteiger partial charge in [0.05, 0.1) is 0 Å². The van der Waals surface area contributed by atoms with E-state index in [4.69, 9.17) is 5.73 Å². The van der Waals surface area contributed by atoms with Gasteiger partial charge in [-0.05, 0) is 36.5 Å². The van der Waals surface area contributed by atoms with Gasteiger partial charge in [-0.15, -0.1) is 0 Å². The van der Waals surface area contributed by atoms with E-state index in [2.05, 4.69) is 0 Å². The Bertz CT molecular complexity index is 1090. The van der Waals surface area contributed by atoms with E-state index in [1.165, 1.54) is 0 Å². The Morgan fingerprint density at radius 1 is 0.867 bits per heavy atom. The first kappa shape index (κ1) is 21.0. The molecule has 0 aliphatic heterocycles. The summed E-state index contributed by atoms with van der Waals surface area (Å²) in [7, 11) is 0. The molecule has 1 heterocycles. The number of ketones is 1. The van der Waals surface area contributed by atoms with Gasteiger partial charge in [0.1, 0.15) is 12.1 Å². The summed E-state index contributed by atoms with van der Waals surface area (Å²) in [6.45, 7) is -0.512. The minimum atomic E-state index is -1.15. The zero-order valence-electron chi connectivity index (χ0n) is 16.6. The quantitative estimate of drug-likeness (QED) is 0.534. The third-order valence-corrected chi connectivity index (χ3v) is 4.98. The van der Waals surface area contributed by atoms with Crippen LogP contribution in [0.2, 0.25) is 0 Å². The summed E-state index contributed by atoms with van der Waals surface area (Å²) in [4.78, 5) is 37.1. The molecule has 0 amide bonds. The van der Waals surface area contributed by atoms with Crippen LogP contribution in [0, 0.1) is 0 Å². The molecule has 6 heteroatoms. The van der Waals surface area contributed by atoms with Crippen LogP contribution in [-0.2, 0) is 30.6 Å². The van der Waals surface area contributed by atoms with Crippen LogP contribution in [0.15, 0.2) is 71.5 Å². The van der Waals surface area contributed by atoms with Crippen LogP contribution in [0.25, 0.3) is 0 Å². The normalized spacial score (nSPS) is 10.7. The van der Waals surface area contributed by atoms with Gasteiger partial charge in [-0.3, -0.25) is 14.4 Å². The maximum absolute atomic E-state index is 13.0. The highest BCUT2D eigenvalue weighted by molar-refractivity contribution is 6.00. The van der Waals surface area contributed by atoms with E-state index in [9.17, 15) is 19.5 Å². The molecule has 0 saturated heterocycles. The van der Waals surface area contributed by atoms with Crippen LogP contribution in [0.1, 0.15) is 33.6 Å². The van der Waals surface area contributed by atoms with E-state index >= 15 is 0 Å². The Kier molecular flexibility index (Phi) is 6.80. The SMILES string of the molecule is Nc1cc(CCc2ccccc2)n(CC(=O)O)c(=O)c1C(=O)CCc1ccccc1. The number of hydrogen-bond donors (Lipinski definition) is 2. The molecule has 30 heavy (non-hydrogen) atoms. The molecule has 3 rings (SSSR count). The number of nitrogens with two attached hydrogens (primary N) is 1. The van der Waals surface area contributed by atoms with Crippen molar-refractivity contribution < 1.29 is 14.7 Å². The van der Waals surface area contributed by atoms with E-state index in [1.54, 1.807) is 6.07 Å². The molecule has 0 spiro atoms. The third kappa shape index (κ3) is 5.23. The highest BCUT2D eigenvalue weighted by atomic mass is 16.4. The number of carboxylic acid groups (broad SMARTS) is 1. The number of nitrogens with zero attached hydrogens (tertiary/aromatic N) is 1. The summed E-state index contributed by atoms with van der Waals surface area (Å²) in [5.74, 6) is -1.53. The summed E-state index contributed by atoms with van der Waals surface area (Å²) in [6, 6.07) is 20.7. The van der Waals surface area contributed by atoms with Gasteiger partial charge in [0, 0.05) is 17.8 Å². The van der Waals surface area contributed by atoms with Crippen molar-refractivity contribution in [3.8, 4) is 0 Å². The van der Waals surface area contributed by atoms with Crippen LogP contribution >= 0.6 is 0 Å². The zero-order valence-corrected chi connectivity index (χ0v) is 16.6. The molecular weight excluding hydrogens is 380 g/mol. The van der Waals surface area contributed by atoms with E-state index < -0.39 is 18.1 Å². The Hall–Kier alpha value is -3.67. The minimum Gasteiger partial charge on any atom is -0.480 e. The zero-order chi connectivity index (χ0) is 21.5. The van der Waals surface area contributed by atoms with Crippen LogP contribution < -0.4 is 11.3 Å². The van der Waals surface area contributed by atoms with Gasteiger partial charge in [-0.25, -0.2) is 0 Å². The third-order valence-electron chi connectivity index (χ3n) is 4.98. The molecule has 0 unspecified atom stereocenters. The van der Waals surface area contributed by atoms with Crippen LogP contribution in [-0.4, -0.2) is 21.4 Å². The van der Waals surface area contributed by atoms with Gasteiger partial charge in [0.2, 0.25) is 0 Å². The summed E-state index contributed by atoms with van der Waals surface area (Å²) >= 11 is 0. The Balaban J connectivity index is 1.87. The standard InChI is InChI=1S/C24H24N2O4/c25-20-15-19(13-11-17-7-3-1-4-8-17)26(16-22(28)29)24(30)23(20)21(27)14-12-18-9-5-2-6-10-18/h1-10,15H,11-14,16,25H2,(H,28,29). The van der Waals surface area contributed by atoms with Gasteiger partial charge < -0.3 is 15.4 Å². The summed E-state index contributed by atoms with van der Waals surface area (Å²) < 4.78 is 1.15. The van der Waals surface area contributed by atoms with E-state index in [0.29, 0.717) is 25.0 Å². The number of anilines is 1. The van der Waals surface area contributed by atoms with Crippen molar-refractivity contribution in [3.63, 3.8) is 0 Å². The summed E-state index contributed by atoms with van der Waals surface area (Å²) in [5, 5.41) is 9.28. The van der Waals surface area contributed by atoms with Gasteiger partial charge in [0.25, 0.3) is 5.56 Å². The maximum atomic E-state index is 13.0. The smallest absolute Gasteiger partial charge is 0.323 e. The second kappa shape index (κ2) is 9.69. The molecule has 3 N–H and O–H groups in total. The molecule has 0 aliphatic carbocycles. The molecule has 0 bridgehead atoms. The second-order valence-corrected chi connectivity index (χ2v) is 7.15. The van der Waals surface area contributed by atoms with Crippen molar-refractivity contribution in [1.82, 2.24) is 4.57 Å². The van der Waals surface area contributed by atoms with Crippen molar-refractivity contribution in [2.45, 2.75) is 32.2 Å². The lowest BCUT2D eigenvalue weighted by Gasteiger charge is -2.15. The number of hydrogen-bond acceptors (Lipinski definition) is 4. The van der Waals surface area contributed by atoms with Crippen LogP contribution in [0.4, 0.5) is 5.69 Å². The molecule has 0 saturated carbocycles. The van der Waals surface area contributed by atoms with E-state index in [-0.39, 0.29) is 23.5 Å². The van der Waals surface area contributed by atoms with Crippen LogP contribution in [0.3, 0.4) is 0 Å². The highest BCUT2D eigenvalue weighted by Crippen LogP contribution is 2.16. The average Bonchev–Trinajstić information content (AvgIpc) is 2.74. The van der Waals surface area contributed by atoms with Gasteiger partial charge in [-0.2, -0.15) is 0 Å². The number of carbonyl (C=O) groups excluding carboxylic acids is 1. The first-order valence-corrected chi connectivity index (χ1v) is 9.80. The Morgan fingerprint density at radius 3 is 2.00 bits per heavy atom. The molecule has 154 valence electrons. The molecule has 3 aromatic rings. The number of rotatable bonds is 9. The fourth-order valence-electron chi connectivity index (χ4n) is 3.46. The van der Waals surface area contributed by atoms with Crippen molar-refractivity contribution in [2.24, 2.45) is 0 Å². The first-order chi connectivity index (χ1) is 14.5. The van der Waals surface area contributed by atoms with Gasteiger partial charge in [0.15, 0.2) is 5.78 Å². The predicted molar refractivity (Wildman–Crippen MR) is 116 cm³/mol. The molecule has 0 atom stereocenters. The fraction of sp³-hybridized carbons (Fsp3) is 0.208. The summed E-state index contributed by atoms with van der Waals surface area (Å²) in [5.41, 5.74) is 7.96. The summed E-state index contributed by atoms with van der Waals surface area (Å²) in [6.07, 6.45) is 1.67. The largest absolute Gasteiger partial charge is 0.480 e. The monoisotopic (exact) mass is 404 g/mol. The number of pyridine rings is 1. The van der Waals surface area contributed by atoms with Crippen LogP contribution in [0.5, 0.6) is 0 Å². The number of benzene rings is 2. The molecular formula is C24H24N2O4. The average molecular weight is 404 g/mol. The van der Waals surface area contributed by atoms with Gasteiger partial charge in [-0.1, -0.05) is 60.7 Å².